The topological polar surface area (TPSA) is 50.8 Å². The second-order valence-corrected chi connectivity index (χ2v) is 8.04. The van der Waals surface area contributed by atoms with Crippen molar-refractivity contribution in [2.45, 2.75) is 19.8 Å². The lowest BCUT2D eigenvalue weighted by Crippen LogP contribution is -2.46. The molecule has 0 atom stereocenters. The van der Waals surface area contributed by atoms with Crippen LogP contribution in [0.1, 0.15) is 30.9 Å². The van der Waals surface area contributed by atoms with Gasteiger partial charge in [-0.05, 0) is 66.2 Å². The van der Waals surface area contributed by atoms with Gasteiger partial charge in [-0.2, -0.15) is 0 Å². The maximum atomic E-state index is 13.3. The minimum absolute atomic E-state index is 0.0456. The highest BCUT2D eigenvalue weighted by atomic mass is 32.1. The number of hydrogen-bond acceptors (Lipinski definition) is 4. The summed E-state index contributed by atoms with van der Waals surface area (Å²) < 4.78 is 10.5. The van der Waals surface area contributed by atoms with Crippen LogP contribution in [-0.4, -0.2) is 49.6 Å². The molecule has 1 aliphatic heterocycles. The molecule has 0 amide bonds. The Labute approximate surface area is 195 Å². The lowest BCUT2D eigenvalue weighted by Gasteiger charge is -2.32. The Bertz CT molecular complexity index is 925. The van der Waals surface area contributed by atoms with Gasteiger partial charge in [-0.25, -0.2) is 0 Å². The van der Waals surface area contributed by atoms with Crippen molar-refractivity contribution in [2.75, 3.05) is 33.9 Å². The van der Waals surface area contributed by atoms with Gasteiger partial charge in [0.25, 0.3) is 0 Å². The fourth-order valence-electron chi connectivity index (χ4n) is 3.47. The number of thiocarbonyl (C=S) groups is 1. The third-order valence-corrected chi connectivity index (χ3v) is 5.72. The van der Waals surface area contributed by atoms with Gasteiger partial charge in [0.05, 0.1) is 14.2 Å². The van der Waals surface area contributed by atoms with Crippen molar-refractivity contribution in [3.63, 3.8) is 0 Å². The highest BCUT2D eigenvalue weighted by molar-refractivity contribution is 7.80. The van der Waals surface area contributed by atoms with Gasteiger partial charge in [0, 0.05) is 30.8 Å². The van der Waals surface area contributed by atoms with E-state index in [4.69, 9.17) is 21.7 Å². The van der Waals surface area contributed by atoms with E-state index in [-0.39, 0.29) is 5.78 Å². The first kappa shape index (κ1) is 23.5. The van der Waals surface area contributed by atoms with Gasteiger partial charge < -0.3 is 19.7 Å². The molecule has 0 spiro atoms. The van der Waals surface area contributed by atoms with Gasteiger partial charge in [-0.3, -0.25) is 4.79 Å². The van der Waals surface area contributed by atoms with E-state index in [1.165, 1.54) is 0 Å². The van der Waals surface area contributed by atoms with Crippen molar-refractivity contribution in [3.8, 4) is 11.5 Å². The number of Topliss-reactive ketones (excluding diaryl/α,β-unsaturated/α-hetero) is 1. The van der Waals surface area contributed by atoms with E-state index in [1.54, 1.807) is 14.2 Å². The Kier molecular flexibility index (Phi) is 8.45. The molecule has 1 aliphatic rings. The number of ketones is 1. The molecule has 32 heavy (non-hydrogen) atoms. The van der Waals surface area contributed by atoms with Crippen molar-refractivity contribution in [3.05, 3.63) is 70.8 Å². The van der Waals surface area contributed by atoms with Crippen molar-refractivity contribution in [2.24, 2.45) is 0 Å². The summed E-state index contributed by atoms with van der Waals surface area (Å²) in [5.74, 6) is 1.61. The van der Waals surface area contributed by atoms with Gasteiger partial charge in [-0.15, -0.1) is 0 Å². The number of unbranched alkanes of at least 4 members (excludes halogenated alkanes) is 1. The fourth-order valence-corrected chi connectivity index (χ4v) is 3.70. The summed E-state index contributed by atoms with van der Waals surface area (Å²) in [4.78, 5) is 15.4. The molecule has 0 aliphatic carbocycles. The van der Waals surface area contributed by atoms with Gasteiger partial charge in [0.2, 0.25) is 0 Å². The average molecular weight is 451 g/mol. The molecule has 1 N–H and O–H groups in total. The molecule has 6 heteroatoms. The Morgan fingerprint density at radius 3 is 1.81 bits per heavy atom. The number of carbonyl (C=O) groups excluding carboxylic acids is 1. The van der Waals surface area contributed by atoms with Gasteiger partial charge >= 0.3 is 0 Å². The van der Waals surface area contributed by atoms with Crippen LogP contribution in [0.15, 0.2) is 59.7 Å². The summed E-state index contributed by atoms with van der Waals surface area (Å²) in [6.07, 6.45) is 6.02. The molecule has 3 rings (SSSR count). The number of nitrogens with one attached hydrogen (secondary N) is 1. The predicted molar refractivity (Wildman–Crippen MR) is 134 cm³/mol. The van der Waals surface area contributed by atoms with Crippen LogP contribution >= 0.6 is 12.2 Å². The minimum atomic E-state index is 0.0456. The minimum Gasteiger partial charge on any atom is -0.497 e. The van der Waals surface area contributed by atoms with Crippen LogP contribution in [0.3, 0.4) is 0 Å². The molecule has 0 radical (unpaired) electrons. The van der Waals surface area contributed by atoms with E-state index in [9.17, 15) is 4.79 Å². The molecular formula is C26H30N2O3S. The van der Waals surface area contributed by atoms with Crippen LogP contribution in [0.2, 0.25) is 0 Å². The average Bonchev–Trinajstić information content (AvgIpc) is 2.82. The van der Waals surface area contributed by atoms with E-state index in [0.717, 1.165) is 42.0 Å². The van der Waals surface area contributed by atoms with Gasteiger partial charge in [0.1, 0.15) is 11.5 Å². The van der Waals surface area contributed by atoms with Crippen LogP contribution in [0.5, 0.6) is 11.5 Å². The number of ether oxygens (including phenoxy) is 2. The highest BCUT2D eigenvalue weighted by Crippen LogP contribution is 2.24. The van der Waals surface area contributed by atoms with Crippen LogP contribution in [0.4, 0.5) is 0 Å². The lowest BCUT2D eigenvalue weighted by molar-refractivity contribution is -0.113. The summed E-state index contributed by atoms with van der Waals surface area (Å²) in [5.41, 5.74) is 3.32. The Morgan fingerprint density at radius 2 is 1.41 bits per heavy atom. The normalized spacial score (nSPS) is 16.3. The summed E-state index contributed by atoms with van der Waals surface area (Å²) in [5, 5.41) is 4.00. The number of piperidine rings is 1. The largest absolute Gasteiger partial charge is 0.497 e. The van der Waals surface area contributed by atoms with Gasteiger partial charge in [0.15, 0.2) is 10.9 Å². The molecule has 0 unspecified atom stereocenters. The fraction of sp³-hybridized carbons (Fsp3) is 0.308. The zero-order chi connectivity index (χ0) is 22.9. The number of carbonyl (C=O) groups is 1. The summed E-state index contributed by atoms with van der Waals surface area (Å²) in [7, 11) is 3.28. The Balaban J connectivity index is 1.90. The molecule has 2 aromatic carbocycles. The molecule has 2 aromatic rings. The zero-order valence-electron chi connectivity index (χ0n) is 18.9. The molecule has 5 nitrogen and oxygen atoms in total. The number of hydrogen-bond donors (Lipinski definition) is 1. The quantitative estimate of drug-likeness (QED) is 0.374. The first-order valence-electron chi connectivity index (χ1n) is 10.8. The number of benzene rings is 2. The molecule has 1 heterocycles. The zero-order valence-corrected chi connectivity index (χ0v) is 19.7. The predicted octanol–water partition coefficient (Wildman–Crippen LogP) is 4.73. The molecule has 1 fully saturated rings. The number of likely N-dealkylation sites (tertiary alicyclic amines) is 1. The maximum absolute atomic E-state index is 13.3. The standard InChI is InChI=1S/C26H30N2O3S/c1-4-5-14-27-26(32)28-17-21(15-19-6-10-23(30-2)11-7-19)25(29)22(18-28)16-20-8-12-24(31-3)13-9-20/h6-13,15-16H,4-5,14,17-18H2,1-3H3,(H,27,32)/b21-15+,22-16+. The third-order valence-electron chi connectivity index (χ3n) is 5.31. The third kappa shape index (κ3) is 6.20. The maximum Gasteiger partial charge on any atom is 0.188 e. The highest BCUT2D eigenvalue weighted by Gasteiger charge is 2.27. The lowest BCUT2D eigenvalue weighted by atomic mass is 9.94. The molecule has 0 saturated carbocycles. The Hall–Kier alpha value is -3.12. The number of nitrogens with zero attached hydrogens (tertiary/aromatic N) is 1. The smallest absolute Gasteiger partial charge is 0.188 e. The van der Waals surface area contributed by atoms with Crippen molar-refractivity contribution in [1.29, 1.82) is 0 Å². The van der Waals surface area contributed by atoms with Crippen LogP contribution in [0.25, 0.3) is 12.2 Å². The first-order valence-corrected chi connectivity index (χ1v) is 11.2. The van der Waals surface area contributed by atoms with Crippen molar-refractivity contribution in [1.82, 2.24) is 10.2 Å². The monoisotopic (exact) mass is 450 g/mol. The van der Waals surface area contributed by atoms with Crippen molar-refractivity contribution < 1.29 is 14.3 Å². The number of methoxy groups -OCH3 is 2. The Morgan fingerprint density at radius 1 is 0.938 bits per heavy atom. The van der Waals surface area contributed by atoms with E-state index < -0.39 is 0 Å². The van der Waals surface area contributed by atoms with E-state index in [0.29, 0.717) is 29.3 Å². The van der Waals surface area contributed by atoms with Crippen LogP contribution in [-0.2, 0) is 4.79 Å². The molecule has 0 bridgehead atoms. The second-order valence-electron chi connectivity index (χ2n) is 7.66. The van der Waals surface area contributed by atoms with Crippen LogP contribution < -0.4 is 14.8 Å². The van der Waals surface area contributed by atoms with Crippen molar-refractivity contribution >= 4 is 35.3 Å². The SMILES string of the molecule is CCCCNC(=S)N1C/C(=C\c2ccc(OC)cc2)C(=O)/C(=C/c2ccc(OC)cc2)C1. The number of rotatable bonds is 7. The molecule has 168 valence electrons. The van der Waals surface area contributed by atoms with Gasteiger partial charge in [-0.1, -0.05) is 37.6 Å². The summed E-state index contributed by atoms with van der Waals surface area (Å²) in [6, 6.07) is 15.4. The molecule has 0 aromatic heterocycles. The van der Waals surface area contributed by atoms with E-state index in [2.05, 4.69) is 17.1 Å². The first-order chi connectivity index (χ1) is 15.5. The van der Waals surface area contributed by atoms with E-state index in [1.807, 2.05) is 60.7 Å². The summed E-state index contributed by atoms with van der Waals surface area (Å²) in [6.45, 7) is 3.93. The van der Waals surface area contributed by atoms with E-state index >= 15 is 0 Å². The molecule has 1 saturated heterocycles. The second kappa shape index (κ2) is 11.5. The summed E-state index contributed by atoms with van der Waals surface area (Å²) >= 11 is 5.64. The molecular weight excluding hydrogens is 420 g/mol. The van der Waals surface area contributed by atoms with Crippen LogP contribution in [0, 0.1) is 0 Å².